The normalized spacial score (nSPS) is 11.0. The van der Waals surface area contributed by atoms with E-state index in [0.29, 0.717) is 35.1 Å². The van der Waals surface area contributed by atoms with Gasteiger partial charge in [-0.15, -0.1) is 20.4 Å². The van der Waals surface area contributed by atoms with E-state index >= 15 is 0 Å². The first-order chi connectivity index (χ1) is 16.2. The monoisotopic (exact) mass is 484 g/mol. The van der Waals surface area contributed by atoms with Crippen LogP contribution >= 0.6 is 23.5 Å². The molecule has 0 aliphatic rings. The van der Waals surface area contributed by atoms with Gasteiger partial charge in [-0.2, -0.15) is 0 Å². The summed E-state index contributed by atoms with van der Waals surface area (Å²) in [5, 5.41) is 17.7. The molecule has 33 heavy (non-hydrogen) atoms. The van der Waals surface area contributed by atoms with Gasteiger partial charge in [-0.05, 0) is 41.8 Å². The van der Waals surface area contributed by atoms with Crippen molar-refractivity contribution < 1.29 is 18.3 Å². The minimum absolute atomic E-state index is 0.586. The number of ether oxygens (including phenoxy) is 2. The molecule has 0 N–H and O–H groups in total. The molecular formula is C23H24N4O4S2. The first-order valence-corrected chi connectivity index (χ1v) is 12.3. The number of hydrogen-bond donors (Lipinski definition) is 0. The van der Waals surface area contributed by atoms with Gasteiger partial charge in [-0.3, -0.25) is 0 Å². The van der Waals surface area contributed by atoms with E-state index in [9.17, 15) is 0 Å². The van der Waals surface area contributed by atoms with Crippen LogP contribution < -0.4 is 9.47 Å². The van der Waals surface area contributed by atoms with Crippen molar-refractivity contribution in [1.82, 2.24) is 20.4 Å². The standard InChI is InChI=1S/C23H24N4O4S2/c1-28-18-8-4-16(5-9-18)14-20-24-26-22(30-20)32-12-3-13-33-23-27-25-21(31-23)15-17-6-10-19(29-2)11-7-17/h4-11H,3,12-15H2,1-2H3. The van der Waals surface area contributed by atoms with Crippen LogP contribution in [0.4, 0.5) is 0 Å². The summed E-state index contributed by atoms with van der Waals surface area (Å²) in [6.45, 7) is 0. The van der Waals surface area contributed by atoms with Crippen LogP contribution in [-0.4, -0.2) is 46.1 Å². The molecule has 172 valence electrons. The van der Waals surface area contributed by atoms with Gasteiger partial charge in [0.05, 0.1) is 27.1 Å². The third kappa shape index (κ3) is 7.00. The fraction of sp³-hybridized carbons (Fsp3) is 0.304. The lowest BCUT2D eigenvalue weighted by Gasteiger charge is -2.00. The molecule has 0 spiro atoms. The first-order valence-electron chi connectivity index (χ1n) is 10.4. The number of benzene rings is 2. The molecule has 8 nitrogen and oxygen atoms in total. The lowest BCUT2D eigenvalue weighted by Crippen LogP contribution is -1.89. The van der Waals surface area contributed by atoms with Gasteiger partial charge in [0.15, 0.2) is 0 Å². The summed E-state index contributed by atoms with van der Waals surface area (Å²) in [6.07, 6.45) is 2.15. The molecule has 10 heteroatoms. The van der Waals surface area contributed by atoms with Gasteiger partial charge in [-0.1, -0.05) is 47.8 Å². The fourth-order valence-corrected chi connectivity index (χ4v) is 4.57. The number of aromatic nitrogens is 4. The van der Waals surface area contributed by atoms with Crippen LogP contribution in [0.2, 0.25) is 0 Å². The topological polar surface area (TPSA) is 96.3 Å². The minimum Gasteiger partial charge on any atom is -0.497 e. The van der Waals surface area contributed by atoms with E-state index in [2.05, 4.69) is 20.4 Å². The second-order valence-electron chi connectivity index (χ2n) is 7.02. The average molecular weight is 485 g/mol. The summed E-state index contributed by atoms with van der Waals surface area (Å²) in [5.74, 6) is 4.59. The number of methoxy groups -OCH3 is 2. The molecule has 2 aromatic carbocycles. The van der Waals surface area contributed by atoms with Crippen LogP contribution in [0.1, 0.15) is 29.3 Å². The van der Waals surface area contributed by atoms with E-state index in [1.807, 2.05) is 48.5 Å². The summed E-state index contributed by atoms with van der Waals surface area (Å²) in [7, 11) is 3.30. The van der Waals surface area contributed by atoms with Crippen molar-refractivity contribution in [1.29, 1.82) is 0 Å². The highest BCUT2D eigenvalue weighted by molar-refractivity contribution is 7.99. The highest BCUT2D eigenvalue weighted by Crippen LogP contribution is 2.23. The van der Waals surface area contributed by atoms with Crippen molar-refractivity contribution in [2.24, 2.45) is 0 Å². The summed E-state index contributed by atoms with van der Waals surface area (Å²) in [4.78, 5) is 0. The van der Waals surface area contributed by atoms with Gasteiger partial charge >= 0.3 is 0 Å². The molecule has 0 radical (unpaired) electrons. The maximum atomic E-state index is 5.74. The number of rotatable bonds is 12. The zero-order chi connectivity index (χ0) is 22.9. The zero-order valence-electron chi connectivity index (χ0n) is 18.4. The van der Waals surface area contributed by atoms with Crippen LogP contribution in [0, 0.1) is 0 Å². The second-order valence-corrected chi connectivity index (χ2v) is 9.12. The smallest absolute Gasteiger partial charge is 0.276 e. The quantitative estimate of drug-likeness (QED) is 0.203. The highest BCUT2D eigenvalue weighted by atomic mass is 32.2. The molecule has 0 saturated heterocycles. The molecule has 2 aromatic heterocycles. The fourth-order valence-electron chi connectivity index (χ4n) is 2.95. The maximum absolute atomic E-state index is 5.74. The Kier molecular flexibility index (Phi) is 8.26. The van der Waals surface area contributed by atoms with Crippen molar-refractivity contribution in [3.05, 3.63) is 71.4 Å². The number of thioether (sulfide) groups is 2. The lowest BCUT2D eigenvalue weighted by molar-refractivity contribution is 0.413. The molecular weight excluding hydrogens is 460 g/mol. The van der Waals surface area contributed by atoms with Crippen molar-refractivity contribution in [3.63, 3.8) is 0 Å². The van der Waals surface area contributed by atoms with Crippen LogP contribution in [0.5, 0.6) is 11.5 Å². The maximum Gasteiger partial charge on any atom is 0.276 e. The summed E-state index contributed by atoms with van der Waals surface area (Å²) >= 11 is 3.10. The molecule has 0 fully saturated rings. The molecule has 0 aliphatic carbocycles. The SMILES string of the molecule is COc1ccc(Cc2nnc(SCCCSc3nnc(Cc4ccc(OC)cc4)o3)o2)cc1. The Morgan fingerprint density at radius 3 is 1.45 bits per heavy atom. The molecule has 0 aliphatic heterocycles. The first kappa shape index (κ1) is 23.2. The van der Waals surface area contributed by atoms with Crippen molar-refractivity contribution in [2.75, 3.05) is 25.7 Å². The second kappa shape index (κ2) is 11.8. The van der Waals surface area contributed by atoms with Gasteiger partial charge in [0.25, 0.3) is 10.4 Å². The molecule has 0 unspecified atom stereocenters. The molecule has 0 amide bonds. The number of hydrogen-bond acceptors (Lipinski definition) is 10. The largest absolute Gasteiger partial charge is 0.497 e. The van der Waals surface area contributed by atoms with E-state index in [4.69, 9.17) is 18.3 Å². The van der Waals surface area contributed by atoms with Crippen molar-refractivity contribution in [2.45, 2.75) is 29.7 Å². The van der Waals surface area contributed by atoms with E-state index in [1.54, 1.807) is 37.7 Å². The Balaban J connectivity index is 1.15. The van der Waals surface area contributed by atoms with E-state index in [1.165, 1.54) is 0 Å². The Labute approximate surface area is 200 Å². The van der Waals surface area contributed by atoms with Crippen LogP contribution in [0.25, 0.3) is 0 Å². The zero-order valence-corrected chi connectivity index (χ0v) is 20.0. The third-order valence-electron chi connectivity index (χ3n) is 4.67. The van der Waals surface area contributed by atoms with Gasteiger partial charge < -0.3 is 18.3 Å². The number of nitrogens with zero attached hydrogens (tertiary/aromatic N) is 4. The molecule has 0 saturated carbocycles. The predicted octanol–water partition coefficient (Wildman–Crippen LogP) is 4.93. The van der Waals surface area contributed by atoms with Crippen molar-refractivity contribution in [3.8, 4) is 11.5 Å². The predicted molar refractivity (Wildman–Crippen MR) is 126 cm³/mol. The lowest BCUT2D eigenvalue weighted by atomic mass is 10.1. The van der Waals surface area contributed by atoms with Crippen LogP contribution in [-0.2, 0) is 12.8 Å². The molecule has 0 atom stereocenters. The van der Waals surface area contributed by atoms with Gasteiger partial charge in [0, 0.05) is 11.5 Å². The molecule has 0 bridgehead atoms. The molecule has 2 heterocycles. The van der Waals surface area contributed by atoms with Gasteiger partial charge in [0.2, 0.25) is 11.8 Å². The Morgan fingerprint density at radius 1 is 0.636 bits per heavy atom. The van der Waals surface area contributed by atoms with Crippen LogP contribution in [0.15, 0.2) is 67.8 Å². The van der Waals surface area contributed by atoms with E-state index in [-0.39, 0.29) is 0 Å². The van der Waals surface area contributed by atoms with Gasteiger partial charge in [0.1, 0.15) is 11.5 Å². The summed E-state index contributed by atoms with van der Waals surface area (Å²) in [5.41, 5.74) is 2.19. The van der Waals surface area contributed by atoms with Crippen molar-refractivity contribution >= 4 is 23.5 Å². The Morgan fingerprint density at radius 2 is 1.06 bits per heavy atom. The van der Waals surface area contributed by atoms with E-state index < -0.39 is 0 Å². The molecule has 4 rings (SSSR count). The van der Waals surface area contributed by atoms with Crippen LogP contribution in [0.3, 0.4) is 0 Å². The highest BCUT2D eigenvalue weighted by Gasteiger charge is 2.10. The van der Waals surface area contributed by atoms with Gasteiger partial charge in [-0.25, -0.2) is 0 Å². The summed E-state index contributed by atoms with van der Waals surface area (Å²) < 4.78 is 21.8. The Hall–Kier alpha value is -2.98. The molecule has 4 aromatic rings. The third-order valence-corrected chi connectivity index (χ3v) is 6.47. The van der Waals surface area contributed by atoms with E-state index in [0.717, 1.165) is 40.6 Å². The summed E-state index contributed by atoms with van der Waals surface area (Å²) in [6, 6.07) is 15.7. The minimum atomic E-state index is 0.586. The average Bonchev–Trinajstić information content (AvgIpc) is 3.49. The Bertz CT molecular complexity index is 1040.